The predicted molar refractivity (Wildman–Crippen MR) is 113 cm³/mol. The Balaban J connectivity index is 2.22. The fraction of sp³-hybridized carbons (Fsp3) is 0.429. The van der Waals surface area contributed by atoms with E-state index in [0.717, 1.165) is 11.6 Å². The number of rotatable bonds is 8. The Hall–Kier alpha value is -2.27. The van der Waals surface area contributed by atoms with Crippen molar-refractivity contribution in [3.8, 4) is 0 Å². The minimum Gasteiger partial charge on any atom is -0.294 e. The van der Waals surface area contributed by atoms with Crippen LogP contribution in [0.5, 0.6) is 0 Å². The van der Waals surface area contributed by atoms with E-state index in [0.29, 0.717) is 12.3 Å². The summed E-state index contributed by atoms with van der Waals surface area (Å²) in [5.41, 5.74) is -1.14. The van der Waals surface area contributed by atoms with Crippen molar-refractivity contribution < 1.29 is 34.8 Å². The van der Waals surface area contributed by atoms with Gasteiger partial charge >= 0.3 is 6.18 Å². The molecule has 1 aromatic carbocycles. The largest absolute Gasteiger partial charge is 0.433 e. The van der Waals surface area contributed by atoms with Gasteiger partial charge in [-0.15, -0.1) is 0 Å². The van der Waals surface area contributed by atoms with E-state index in [1.807, 2.05) is 0 Å². The Morgan fingerprint density at radius 2 is 1.66 bits per heavy atom. The Morgan fingerprint density at radius 3 is 2.19 bits per heavy atom. The third-order valence-electron chi connectivity index (χ3n) is 5.00. The first kappa shape index (κ1) is 26.0. The SMILES string of the molecule is Cc1cccc(S(=O)(=O)C(C)(C)CCCC(=O)c2cc(C(F)(F)F)nc(S(C)(=O)=O)c2)c1. The number of carbonyl (C=O) groups excluding carboxylic acids is 1. The maximum atomic E-state index is 13.1. The maximum Gasteiger partial charge on any atom is 0.433 e. The van der Waals surface area contributed by atoms with Crippen molar-refractivity contribution in [1.82, 2.24) is 4.98 Å². The summed E-state index contributed by atoms with van der Waals surface area (Å²) in [6.45, 7) is 4.80. The number of nitrogens with zero attached hydrogens (tertiary/aromatic N) is 1. The Bertz CT molecular complexity index is 1230. The third-order valence-corrected chi connectivity index (χ3v) is 8.51. The van der Waals surface area contributed by atoms with Gasteiger partial charge in [0.05, 0.1) is 9.64 Å². The average Bonchev–Trinajstić information content (AvgIpc) is 2.66. The molecule has 2 rings (SSSR count). The number of sulfone groups is 2. The summed E-state index contributed by atoms with van der Waals surface area (Å²) in [7, 11) is -7.81. The Morgan fingerprint density at radius 1 is 1.03 bits per heavy atom. The van der Waals surface area contributed by atoms with Gasteiger partial charge in [-0.05, 0) is 63.4 Å². The molecule has 0 aliphatic rings. The monoisotopic (exact) mass is 491 g/mol. The van der Waals surface area contributed by atoms with Crippen LogP contribution in [0.1, 0.15) is 54.7 Å². The minimum absolute atomic E-state index is 0.0746. The topological polar surface area (TPSA) is 98.2 Å². The zero-order valence-corrected chi connectivity index (χ0v) is 19.7. The van der Waals surface area contributed by atoms with E-state index in [1.165, 1.54) is 19.9 Å². The minimum atomic E-state index is -4.93. The Kier molecular flexibility index (Phi) is 7.25. The van der Waals surface area contributed by atoms with Crippen LogP contribution >= 0.6 is 0 Å². The second-order valence-corrected chi connectivity index (χ2v) is 12.8. The van der Waals surface area contributed by atoms with Crippen LogP contribution in [0.2, 0.25) is 0 Å². The van der Waals surface area contributed by atoms with Gasteiger partial charge in [0.25, 0.3) is 0 Å². The first-order valence-corrected chi connectivity index (χ1v) is 13.0. The van der Waals surface area contributed by atoms with Crippen LogP contribution in [0.3, 0.4) is 0 Å². The summed E-state index contributed by atoms with van der Waals surface area (Å²) < 4.78 is 87.4. The molecule has 0 radical (unpaired) electrons. The summed E-state index contributed by atoms with van der Waals surface area (Å²) in [5.74, 6) is -0.730. The van der Waals surface area contributed by atoms with Crippen LogP contribution < -0.4 is 0 Å². The molecule has 0 saturated carbocycles. The van der Waals surface area contributed by atoms with Crippen molar-refractivity contribution in [2.45, 2.75) is 60.9 Å². The number of alkyl halides is 3. The molecule has 6 nitrogen and oxygen atoms in total. The number of ketones is 1. The fourth-order valence-corrected chi connectivity index (χ4v) is 5.31. The molecule has 2 aromatic rings. The number of Topliss-reactive ketones (excluding diaryl/α,β-unsaturated/α-hetero) is 1. The molecule has 0 saturated heterocycles. The van der Waals surface area contributed by atoms with Crippen LogP contribution in [0.25, 0.3) is 0 Å². The second kappa shape index (κ2) is 8.93. The normalized spacial score (nSPS) is 13.2. The molecule has 0 amide bonds. The third kappa shape index (κ3) is 5.94. The van der Waals surface area contributed by atoms with Gasteiger partial charge in [0.15, 0.2) is 30.5 Å². The fourth-order valence-electron chi connectivity index (χ4n) is 3.06. The van der Waals surface area contributed by atoms with E-state index < -0.39 is 52.7 Å². The smallest absolute Gasteiger partial charge is 0.294 e. The van der Waals surface area contributed by atoms with Crippen LogP contribution in [0, 0.1) is 6.92 Å². The summed E-state index contributed by atoms with van der Waals surface area (Å²) in [6, 6.07) is 7.73. The van der Waals surface area contributed by atoms with Crippen LogP contribution in [0.4, 0.5) is 13.2 Å². The van der Waals surface area contributed by atoms with Crippen molar-refractivity contribution in [2.75, 3.05) is 6.26 Å². The maximum absolute atomic E-state index is 13.1. The van der Waals surface area contributed by atoms with Gasteiger partial charge in [-0.2, -0.15) is 13.2 Å². The number of benzene rings is 1. The van der Waals surface area contributed by atoms with Gasteiger partial charge < -0.3 is 0 Å². The highest BCUT2D eigenvalue weighted by atomic mass is 32.2. The van der Waals surface area contributed by atoms with Crippen molar-refractivity contribution >= 4 is 25.5 Å². The summed E-state index contributed by atoms with van der Waals surface area (Å²) in [4.78, 5) is 15.8. The molecule has 1 heterocycles. The molecule has 32 heavy (non-hydrogen) atoms. The van der Waals surface area contributed by atoms with Gasteiger partial charge in [-0.1, -0.05) is 12.1 Å². The number of halogens is 3. The molecule has 0 aliphatic carbocycles. The molecule has 0 atom stereocenters. The lowest BCUT2D eigenvalue weighted by Gasteiger charge is -2.25. The first-order chi connectivity index (χ1) is 14.4. The number of pyridine rings is 1. The van der Waals surface area contributed by atoms with E-state index >= 15 is 0 Å². The van der Waals surface area contributed by atoms with E-state index in [1.54, 1.807) is 25.1 Å². The molecule has 176 valence electrons. The molecule has 0 aliphatic heterocycles. The predicted octanol–water partition coefficient (Wildman–Crippen LogP) is 4.42. The van der Waals surface area contributed by atoms with Crippen molar-refractivity contribution in [3.63, 3.8) is 0 Å². The van der Waals surface area contributed by atoms with Crippen molar-refractivity contribution in [1.29, 1.82) is 0 Å². The van der Waals surface area contributed by atoms with Crippen molar-refractivity contribution in [3.05, 3.63) is 53.2 Å². The van der Waals surface area contributed by atoms with E-state index in [9.17, 15) is 34.8 Å². The van der Waals surface area contributed by atoms with E-state index in [2.05, 4.69) is 4.98 Å². The molecule has 0 spiro atoms. The number of aromatic nitrogens is 1. The quantitative estimate of drug-likeness (QED) is 0.507. The molecule has 0 N–H and O–H groups in total. The van der Waals surface area contributed by atoms with Gasteiger partial charge in [-0.25, -0.2) is 21.8 Å². The highest BCUT2D eigenvalue weighted by Gasteiger charge is 2.36. The lowest BCUT2D eigenvalue weighted by molar-refractivity contribution is -0.141. The molecular formula is C21H24F3NO5S2. The highest BCUT2D eigenvalue weighted by molar-refractivity contribution is 7.92. The molecule has 1 aromatic heterocycles. The average molecular weight is 492 g/mol. The lowest BCUT2D eigenvalue weighted by atomic mass is 10.0. The van der Waals surface area contributed by atoms with Gasteiger partial charge in [0, 0.05) is 18.2 Å². The van der Waals surface area contributed by atoms with E-state index in [4.69, 9.17) is 0 Å². The molecule has 0 bridgehead atoms. The van der Waals surface area contributed by atoms with Gasteiger partial charge in [-0.3, -0.25) is 4.79 Å². The molecule has 0 fully saturated rings. The number of carbonyl (C=O) groups is 1. The zero-order valence-electron chi connectivity index (χ0n) is 18.0. The summed E-state index contributed by atoms with van der Waals surface area (Å²) in [6.07, 6.45) is -4.33. The summed E-state index contributed by atoms with van der Waals surface area (Å²) >= 11 is 0. The summed E-state index contributed by atoms with van der Waals surface area (Å²) in [5, 5.41) is -0.849. The van der Waals surface area contributed by atoms with Crippen LogP contribution in [-0.2, 0) is 25.9 Å². The second-order valence-electron chi connectivity index (χ2n) is 8.21. The van der Waals surface area contributed by atoms with Gasteiger partial charge in [0.2, 0.25) is 0 Å². The van der Waals surface area contributed by atoms with Crippen LogP contribution in [0.15, 0.2) is 46.3 Å². The zero-order chi connectivity index (χ0) is 24.5. The number of aryl methyl sites for hydroxylation is 1. The molecular weight excluding hydrogens is 467 g/mol. The Labute approximate surface area is 185 Å². The number of hydrogen-bond acceptors (Lipinski definition) is 6. The first-order valence-electron chi connectivity index (χ1n) is 9.59. The van der Waals surface area contributed by atoms with Crippen LogP contribution in [-0.4, -0.2) is 38.6 Å². The molecule has 11 heteroatoms. The van der Waals surface area contributed by atoms with E-state index in [-0.39, 0.29) is 24.2 Å². The molecule has 0 unspecified atom stereocenters. The lowest BCUT2D eigenvalue weighted by Crippen LogP contribution is -2.32. The number of hydrogen-bond donors (Lipinski definition) is 0. The highest BCUT2D eigenvalue weighted by Crippen LogP contribution is 2.32. The standard InChI is InChI=1S/C21H24F3NO5S2/c1-14-7-5-8-16(11-14)32(29,30)20(2,3)10-6-9-17(26)15-12-18(21(22,23)24)25-19(13-15)31(4,27)28/h5,7-8,11-13H,6,9-10H2,1-4H3. The van der Waals surface area contributed by atoms with Gasteiger partial charge in [0.1, 0.15) is 5.69 Å². The van der Waals surface area contributed by atoms with Crippen molar-refractivity contribution in [2.24, 2.45) is 0 Å².